The fraction of sp³-hybridized carbons (Fsp3) is 0.421. The minimum atomic E-state index is -0.908. The van der Waals surface area contributed by atoms with Crippen LogP contribution in [0, 0.1) is 5.92 Å². The number of amides is 2. The Morgan fingerprint density at radius 2 is 1.71 bits per heavy atom. The number of aromatic amines is 1. The lowest BCUT2D eigenvalue weighted by Gasteiger charge is -2.50. The molecule has 268 valence electrons. The Labute approximate surface area is 299 Å². The van der Waals surface area contributed by atoms with Crippen LogP contribution in [0.4, 0.5) is 0 Å². The molecule has 0 radical (unpaired) electrons. The van der Waals surface area contributed by atoms with Crippen molar-refractivity contribution in [1.82, 2.24) is 25.4 Å². The summed E-state index contributed by atoms with van der Waals surface area (Å²) in [5.74, 6) is -0.381. The van der Waals surface area contributed by atoms with Crippen molar-refractivity contribution >= 4 is 40.0 Å². The van der Waals surface area contributed by atoms with Gasteiger partial charge in [0.05, 0.1) is 21.4 Å². The number of nitrogens with zero attached hydrogens (tertiary/aromatic N) is 2. The number of unbranched alkanes of at least 4 members (excludes halogenated alkanes) is 1. The zero-order valence-electron chi connectivity index (χ0n) is 28.3. The first-order chi connectivity index (χ1) is 24.7. The molecular formula is C38H43N5O7S. The topological polar surface area (TPSA) is 164 Å². The van der Waals surface area contributed by atoms with Gasteiger partial charge in [-0.25, -0.2) is 0 Å². The number of fused-ring (bicyclic) bond motifs is 4. The normalized spacial score (nSPS) is 21.2. The molecule has 2 bridgehead atoms. The number of hydrogen-bond donors (Lipinski definition) is 5. The van der Waals surface area contributed by atoms with Crippen LogP contribution >= 0.6 is 11.3 Å². The third-order valence-corrected chi connectivity index (χ3v) is 11.6. The van der Waals surface area contributed by atoms with E-state index in [9.17, 15) is 29.4 Å². The van der Waals surface area contributed by atoms with Crippen LogP contribution in [-0.2, 0) is 14.9 Å². The van der Waals surface area contributed by atoms with E-state index < -0.39 is 11.5 Å². The molecule has 0 saturated carbocycles. The van der Waals surface area contributed by atoms with E-state index in [0.29, 0.717) is 51.6 Å². The van der Waals surface area contributed by atoms with E-state index in [4.69, 9.17) is 4.74 Å². The van der Waals surface area contributed by atoms with E-state index >= 15 is 0 Å². The van der Waals surface area contributed by atoms with Gasteiger partial charge in [-0.05, 0) is 86.6 Å². The number of aliphatic hydroxyl groups is 1. The van der Waals surface area contributed by atoms with Crippen LogP contribution in [0.2, 0.25) is 0 Å². The standard InChI is InChI=1S/C38H43N5O7S/c44-28-10-8-26(27-9-13-33(46)41-34(27)28)29(45)20-39-16-4-5-17-40-35(47)31-11-12-32(51-31)36(48)43-22-38(23-43,25-6-2-1-3-7-25)37(49)50-30-21-42-18-14-24(30)15-19-42/h1-3,6-13,24,29-30,39,44-45H,4-5,14-23H2,(H,40,47)(H,41,46)/t29-,30+/m0/s1. The number of nitrogens with one attached hydrogen (secondary N) is 3. The average Bonchev–Trinajstić information content (AvgIpc) is 3.63. The van der Waals surface area contributed by atoms with Gasteiger partial charge in [0, 0.05) is 44.2 Å². The first-order valence-electron chi connectivity index (χ1n) is 17.6. The summed E-state index contributed by atoms with van der Waals surface area (Å²) in [7, 11) is 0. The highest BCUT2D eigenvalue weighted by Gasteiger charge is 2.55. The maximum Gasteiger partial charge on any atom is 0.320 e. The van der Waals surface area contributed by atoms with Crippen molar-refractivity contribution in [2.75, 3.05) is 52.4 Å². The quantitative estimate of drug-likeness (QED) is 0.103. The molecule has 4 saturated heterocycles. The number of benzene rings is 2. The van der Waals surface area contributed by atoms with Crippen molar-refractivity contribution in [3.8, 4) is 5.75 Å². The summed E-state index contributed by atoms with van der Waals surface area (Å²) in [5.41, 5.74) is 0.495. The summed E-state index contributed by atoms with van der Waals surface area (Å²) in [6.45, 7) is 4.70. The first-order valence-corrected chi connectivity index (χ1v) is 18.4. The Bertz CT molecular complexity index is 1950. The van der Waals surface area contributed by atoms with Gasteiger partial charge in [-0.15, -0.1) is 11.3 Å². The van der Waals surface area contributed by atoms with Crippen LogP contribution in [0.5, 0.6) is 5.75 Å². The second-order valence-electron chi connectivity index (χ2n) is 13.8. The molecule has 0 spiro atoms. The summed E-state index contributed by atoms with van der Waals surface area (Å²) in [6.07, 6.45) is 2.60. The predicted octanol–water partition coefficient (Wildman–Crippen LogP) is 3.16. The molecule has 4 fully saturated rings. The smallest absolute Gasteiger partial charge is 0.320 e. The number of hydrogen-bond acceptors (Lipinski definition) is 10. The molecule has 6 heterocycles. The third-order valence-electron chi connectivity index (χ3n) is 10.5. The van der Waals surface area contributed by atoms with Crippen molar-refractivity contribution in [3.05, 3.63) is 98.0 Å². The number of rotatable bonds is 13. The second kappa shape index (κ2) is 15.0. The molecule has 13 heteroatoms. The second-order valence-corrected chi connectivity index (χ2v) is 14.9. The average molecular weight is 714 g/mol. The maximum absolute atomic E-state index is 13.8. The lowest BCUT2D eigenvalue weighted by atomic mass is 9.73. The van der Waals surface area contributed by atoms with Gasteiger partial charge in [-0.3, -0.25) is 24.1 Å². The van der Waals surface area contributed by atoms with Crippen molar-refractivity contribution in [2.45, 2.75) is 43.3 Å². The molecule has 2 aromatic carbocycles. The molecule has 2 atom stereocenters. The van der Waals surface area contributed by atoms with Crippen molar-refractivity contribution < 1.29 is 29.3 Å². The number of esters is 1. The van der Waals surface area contributed by atoms with Crippen LogP contribution in [0.15, 0.2) is 71.5 Å². The number of ether oxygens (including phenoxy) is 1. The largest absolute Gasteiger partial charge is 0.506 e. The van der Waals surface area contributed by atoms with E-state index in [1.54, 1.807) is 29.2 Å². The molecule has 0 unspecified atom stereocenters. The highest BCUT2D eigenvalue weighted by atomic mass is 32.1. The summed E-state index contributed by atoms with van der Waals surface area (Å²) in [4.78, 5) is 59.3. The summed E-state index contributed by atoms with van der Waals surface area (Å²) < 4.78 is 6.17. The predicted molar refractivity (Wildman–Crippen MR) is 193 cm³/mol. The Hall–Kier alpha value is -4.56. The first kappa shape index (κ1) is 34.9. The molecule has 8 rings (SSSR count). The lowest BCUT2D eigenvalue weighted by Crippen LogP contribution is -2.66. The minimum absolute atomic E-state index is 0.0569. The highest BCUT2D eigenvalue weighted by Crippen LogP contribution is 2.39. The van der Waals surface area contributed by atoms with Gasteiger partial charge >= 0.3 is 5.97 Å². The molecule has 2 aromatic heterocycles. The molecule has 4 aromatic rings. The Balaban J connectivity index is 0.859. The number of aromatic hydroxyl groups is 1. The number of carbonyl (C=O) groups excluding carboxylic acids is 3. The minimum Gasteiger partial charge on any atom is -0.506 e. The molecule has 51 heavy (non-hydrogen) atoms. The van der Waals surface area contributed by atoms with Crippen molar-refractivity contribution in [2.24, 2.45) is 5.92 Å². The SMILES string of the molecule is O=C(NCCCCNC[C@H](O)c1ccc(O)c2[nH]c(=O)ccc12)c1ccc(C(=O)N2CC(C(=O)O[C@@H]3CN4CCC3CC4)(c3ccccc3)C2)s1. The molecule has 5 N–H and O–H groups in total. The monoisotopic (exact) mass is 713 g/mol. The number of thiophene rings is 1. The highest BCUT2D eigenvalue weighted by molar-refractivity contribution is 7.15. The Morgan fingerprint density at radius 1 is 0.961 bits per heavy atom. The summed E-state index contributed by atoms with van der Waals surface area (Å²) >= 11 is 1.14. The maximum atomic E-state index is 13.8. The zero-order valence-corrected chi connectivity index (χ0v) is 29.1. The third kappa shape index (κ3) is 7.29. The summed E-state index contributed by atoms with van der Waals surface area (Å²) in [6, 6.07) is 18.9. The Morgan fingerprint density at radius 3 is 2.45 bits per heavy atom. The number of H-pyrrole nitrogens is 1. The number of carbonyl (C=O) groups is 3. The number of pyridine rings is 1. The molecule has 4 aliphatic heterocycles. The number of likely N-dealkylation sites (tertiary alicyclic amines) is 1. The Kier molecular flexibility index (Phi) is 10.2. The van der Waals surface area contributed by atoms with Crippen molar-refractivity contribution in [3.63, 3.8) is 0 Å². The van der Waals surface area contributed by atoms with Crippen LogP contribution in [0.25, 0.3) is 10.9 Å². The van der Waals surface area contributed by atoms with Gasteiger partial charge in [-0.2, -0.15) is 0 Å². The lowest BCUT2D eigenvalue weighted by molar-refractivity contribution is -0.171. The fourth-order valence-electron chi connectivity index (χ4n) is 7.52. The summed E-state index contributed by atoms with van der Waals surface area (Å²) in [5, 5.41) is 27.5. The van der Waals surface area contributed by atoms with Crippen LogP contribution in [0.1, 0.15) is 62.3 Å². The van der Waals surface area contributed by atoms with Crippen LogP contribution < -0.4 is 16.2 Å². The van der Waals surface area contributed by atoms with Gasteiger partial charge in [0.1, 0.15) is 17.3 Å². The fourth-order valence-corrected chi connectivity index (χ4v) is 8.41. The van der Waals surface area contributed by atoms with Crippen molar-refractivity contribution in [1.29, 1.82) is 0 Å². The van der Waals surface area contributed by atoms with Gasteiger partial charge in [-0.1, -0.05) is 36.4 Å². The van der Waals surface area contributed by atoms with E-state index in [0.717, 1.165) is 55.8 Å². The van der Waals surface area contributed by atoms with Crippen LogP contribution in [0.3, 0.4) is 0 Å². The van der Waals surface area contributed by atoms with Gasteiger partial charge < -0.3 is 35.5 Å². The van der Waals surface area contributed by atoms with Crippen LogP contribution in [-0.4, -0.2) is 101 Å². The molecule has 12 nitrogen and oxygen atoms in total. The number of phenols is 1. The van der Waals surface area contributed by atoms with E-state index in [1.807, 2.05) is 30.3 Å². The number of piperidine rings is 3. The van der Waals surface area contributed by atoms with Gasteiger partial charge in [0.25, 0.3) is 11.8 Å². The van der Waals surface area contributed by atoms with E-state index in [1.165, 1.54) is 12.1 Å². The zero-order chi connectivity index (χ0) is 35.5. The number of aliphatic hydroxyl groups excluding tert-OH is 1. The van der Waals surface area contributed by atoms with E-state index in [-0.39, 0.29) is 54.8 Å². The van der Waals surface area contributed by atoms with Gasteiger partial charge in [0.2, 0.25) is 5.56 Å². The molecule has 0 aliphatic carbocycles. The van der Waals surface area contributed by atoms with E-state index in [2.05, 4.69) is 20.5 Å². The molecule has 2 amide bonds. The molecular weight excluding hydrogens is 671 g/mol. The van der Waals surface area contributed by atoms with Gasteiger partial charge in [0.15, 0.2) is 0 Å². The number of aromatic nitrogens is 1. The molecule has 4 aliphatic rings. The number of phenolic OH excluding ortho intramolecular Hbond substituents is 1.